The Balaban J connectivity index is 2.04. The number of hydrazine groups is 1. The summed E-state index contributed by atoms with van der Waals surface area (Å²) in [5.41, 5.74) is 8.00. The summed E-state index contributed by atoms with van der Waals surface area (Å²) in [6.45, 7) is 1.68. The molecular weight excluding hydrogens is 415 g/mol. The number of rotatable bonds is 6. The van der Waals surface area contributed by atoms with Crippen LogP contribution in [-0.4, -0.2) is 23.9 Å². The van der Waals surface area contributed by atoms with E-state index in [4.69, 9.17) is 27.9 Å². The van der Waals surface area contributed by atoms with E-state index in [1.165, 1.54) is 6.92 Å². The summed E-state index contributed by atoms with van der Waals surface area (Å²) >= 11 is 12.3. The highest BCUT2D eigenvalue weighted by molar-refractivity contribution is 6.40. The van der Waals surface area contributed by atoms with Gasteiger partial charge in [0, 0.05) is 31.2 Å². The molecule has 1 heterocycles. The van der Waals surface area contributed by atoms with Crippen LogP contribution in [0.25, 0.3) is 10.9 Å². The van der Waals surface area contributed by atoms with E-state index in [2.05, 4.69) is 21.2 Å². The third-order valence-electron chi connectivity index (χ3n) is 4.08. The number of para-hydroxylation sites is 1. The van der Waals surface area contributed by atoms with E-state index in [-0.39, 0.29) is 28.1 Å². The number of nitrogens with one attached hydrogen (secondary N) is 3. The highest BCUT2D eigenvalue weighted by atomic mass is 35.5. The maximum Gasteiger partial charge on any atom is 0.258 e. The monoisotopic (exact) mass is 432 g/mol. The van der Waals surface area contributed by atoms with Crippen molar-refractivity contribution in [2.45, 2.75) is 13.5 Å². The van der Waals surface area contributed by atoms with Gasteiger partial charge in [-0.05, 0) is 18.2 Å². The number of methoxy groups -OCH3 is 1. The number of carbonyl (C=O) groups is 2. The molecule has 150 valence electrons. The number of hydrogen-bond acceptors (Lipinski definition) is 5. The Hall–Kier alpha value is -2.87. The van der Waals surface area contributed by atoms with Crippen LogP contribution in [0, 0.1) is 0 Å². The predicted octanol–water partition coefficient (Wildman–Crippen LogP) is 4.40. The second kappa shape index (κ2) is 9.09. The summed E-state index contributed by atoms with van der Waals surface area (Å²) in [5, 5.41) is 4.00. The van der Waals surface area contributed by atoms with E-state index in [0.717, 1.165) is 5.56 Å². The third kappa shape index (κ3) is 4.59. The Bertz CT molecular complexity index is 1070. The second-order valence-corrected chi connectivity index (χ2v) is 6.96. The largest absolute Gasteiger partial charge is 0.380 e. The lowest BCUT2D eigenvalue weighted by atomic mass is 10.1. The van der Waals surface area contributed by atoms with Crippen molar-refractivity contribution in [3.05, 3.63) is 63.8 Å². The normalized spacial score (nSPS) is 10.6. The van der Waals surface area contributed by atoms with Crippen molar-refractivity contribution < 1.29 is 14.3 Å². The highest BCUT2D eigenvalue weighted by Gasteiger charge is 2.17. The number of amides is 2. The fourth-order valence-corrected chi connectivity index (χ4v) is 3.40. The Labute approximate surface area is 177 Å². The molecule has 3 aromatic rings. The summed E-state index contributed by atoms with van der Waals surface area (Å²) in [5.74, 6) is -0.705. The van der Waals surface area contributed by atoms with Crippen molar-refractivity contribution in [2.24, 2.45) is 0 Å². The van der Waals surface area contributed by atoms with E-state index >= 15 is 0 Å². The van der Waals surface area contributed by atoms with Gasteiger partial charge in [0.1, 0.15) is 0 Å². The molecule has 0 radical (unpaired) electrons. The molecule has 0 fully saturated rings. The molecule has 0 aliphatic carbocycles. The number of fused-ring (bicyclic) bond motifs is 1. The molecule has 0 bridgehead atoms. The molecular formula is C20H18Cl2N4O3. The zero-order valence-corrected chi connectivity index (χ0v) is 17.2. The summed E-state index contributed by atoms with van der Waals surface area (Å²) in [6.07, 6.45) is 1.62. The first-order valence-electron chi connectivity index (χ1n) is 8.60. The minimum Gasteiger partial charge on any atom is -0.380 e. The molecule has 3 rings (SSSR count). The van der Waals surface area contributed by atoms with Crippen LogP contribution in [0.3, 0.4) is 0 Å². The summed E-state index contributed by atoms with van der Waals surface area (Å²) in [7, 11) is 1.57. The second-order valence-electron chi connectivity index (χ2n) is 6.15. The lowest BCUT2D eigenvalue weighted by Crippen LogP contribution is -2.27. The van der Waals surface area contributed by atoms with Crippen LogP contribution >= 0.6 is 23.2 Å². The first kappa shape index (κ1) is 20.9. The number of benzene rings is 2. The van der Waals surface area contributed by atoms with E-state index in [0.29, 0.717) is 22.3 Å². The van der Waals surface area contributed by atoms with Gasteiger partial charge in [-0.25, -0.2) is 0 Å². The molecule has 2 amide bonds. The Morgan fingerprint density at radius 3 is 2.45 bits per heavy atom. The number of aromatic nitrogens is 1. The quantitative estimate of drug-likeness (QED) is 0.501. The van der Waals surface area contributed by atoms with Gasteiger partial charge >= 0.3 is 0 Å². The standard InChI is InChI=1S/C20H18Cl2N4O3/c1-11(27)25-26-18-12(10-29-2)9-23-19-13(18)5-3-8-16(19)24-20(28)17-14(21)6-4-7-15(17)22/h3-9H,10H2,1-2H3,(H,23,26)(H,24,28)(H,25,27). The van der Waals surface area contributed by atoms with Gasteiger partial charge in [0.15, 0.2) is 0 Å². The number of nitrogens with zero attached hydrogens (tertiary/aromatic N) is 1. The average Bonchev–Trinajstić information content (AvgIpc) is 2.67. The fourth-order valence-electron chi connectivity index (χ4n) is 2.83. The zero-order chi connectivity index (χ0) is 21.0. The van der Waals surface area contributed by atoms with Gasteiger partial charge in [0.25, 0.3) is 5.91 Å². The van der Waals surface area contributed by atoms with Crippen LogP contribution in [-0.2, 0) is 16.1 Å². The van der Waals surface area contributed by atoms with Gasteiger partial charge in [0.05, 0.1) is 39.1 Å². The van der Waals surface area contributed by atoms with Crippen molar-refractivity contribution in [3.63, 3.8) is 0 Å². The molecule has 3 N–H and O–H groups in total. The minimum absolute atomic E-state index is 0.181. The number of carbonyl (C=O) groups excluding carboxylic acids is 2. The summed E-state index contributed by atoms with van der Waals surface area (Å²) in [4.78, 5) is 28.6. The van der Waals surface area contributed by atoms with Crippen LogP contribution in [0.5, 0.6) is 0 Å². The van der Waals surface area contributed by atoms with Crippen LogP contribution in [0.15, 0.2) is 42.6 Å². The predicted molar refractivity (Wildman–Crippen MR) is 114 cm³/mol. The molecule has 0 aliphatic heterocycles. The molecule has 7 nitrogen and oxygen atoms in total. The lowest BCUT2D eigenvalue weighted by molar-refractivity contribution is -0.118. The number of halogens is 2. The number of pyridine rings is 1. The SMILES string of the molecule is COCc1cnc2c(NC(=O)c3c(Cl)cccc3Cl)cccc2c1NNC(C)=O. The fraction of sp³-hybridized carbons (Fsp3) is 0.150. The molecule has 0 saturated heterocycles. The molecule has 0 saturated carbocycles. The molecule has 0 atom stereocenters. The number of ether oxygens (including phenoxy) is 1. The van der Waals surface area contributed by atoms with E-state index in [9.17, 15) is 9.59 Å². The maximum absolute atomic E-state index is 12.8. The lowest BCUT2D eigenvalue weighted by Gasteiger charge is -2.16. The van der Waals surface area contributed by atoms with Crippen molar-refractivity contribution in [1.29, 1.82) is 0 Å². The molecule has 9 heteroatoms. The molecule has 0 spiro atoms. The van der Waals surface area contributed by atoms with Crippen molar-refractivity contribution in [1.82, 2.24) is 10.4 Å². The Morgan fingerprint density at radius 1 is 1.10 bits per heavy atom. The smallest absolute Gasteiger partial charge is 0.258 e. The van der Waals surface area contributed by atoms with Crippen LogP contribution < -0.4 is 16.2 Å². The van der Waals surface area contributed by atoms with Crippen molar-refractivity contribution in [2.75, 3.05) is 17.9 Å². The van der Waals surface area contributed by atoms with E-state index < -0.39 is 5.91 Å². The molecule has 1 aromatic heterocycles. The minimum atomic E-state index is -0.452. The van der Waals surface area contributed by atoms with Gasteiger partial charge in [-0.3, -0.25) is 25.4 Å². The Kier molecular flexibility index (Phi) is 6.53. The first-order chi connectivity index (χ1) is 13.9. The van der Waals surface area contributed by atoms with Crippen LogP contribution in [0.2, 0.25) is 10.0 Å². The molecule has 29 heavy (non-hydrogen) atoms. The average molecular weight is 433 g/mol. The van der Waals surface area contributed by atoms with E-state index in [1.54, 1.807) is 43.6 Å². The third-order valence-corrected chi connectivity index (χ3v) is 4.71. The first-order valence-corrected chi connectivity index (χ1v) is 9.35. The van der Waals surface area contributed by atoms with Gasteiger partial charge in [0.2, 0.25) is 5.91 Å². The number of hydrogen-bond donors (Lipinski definition) is 3. The zero-order valence-electron chi connectivity index (χ0n) is 15.7. The topological polar surface area (TPSA) is 92.3 Å². The van der Waals surface area contributed by atoms with Gasteiger partial charge in [-0.2, -0.15) is 0 Å². The van der Waals surface area contributed by atoms with E-state index in [1.807, 2.05) is 6.07 Å². The van der Waals surface area contributed by atoms with Crippen molar-refractivity contribution in [3.8, 4) is 0 Å². The molecule has 0 aliphatic rings. The number of anilines is 2. The maximum atomic E-state index is 12.8. The molecule has 0 unspecified atom stereocenters. The van der Waals surface area contributed by atoms with Crippen LogP contribution in [0.4, 0.5) is 11.4 Å². The van der Waals surface area contributed by atoms with Crippen molar-refractivity contribution >= 4 is 57.3 Å². The van der Waals surface area contributed by atoms with Gasteiger partial charge < -0.3 is 10.1 Å². The van der Waals surface area contributed by atoms with Gasteiger partial charge in [-0.1, -0.05) is 41.4 Å². The summed E-state index contributed by atoms with van der Waals surface area (Å²) in [6, 6.07) is 10.2. The summed E-state index contributed by atoms with van der Waals surface area (Å²) < 4.78 is 5.21. The Morgan fingerprint density at radius 2 is 1.79 bits per heavy atom. The van der Waals surface area contributed by atoms with Gasteiger partial charge in [-0.15, -0.1) is 0 Å². The highest BCUT2D eigenvalue weighted by Crippen LogP contribution is 2.32. The molecule has 2 aromatic carbocycles. The van der Waals surface area contributed by atoms with Crippen LogP contribution in [0.1, 0.15) is 22.8 Å².